The van der Waals surface area contributed by atoms with Crippen LogP contribution in [0.15, 0.2) is 54.7 Å². The average Bonchev–Trinajstić information content (AvgIpc) is 3.10. The van der Waals surface area contributed by atoms with Gasteiger partial charge in [-0.2, -0.15) is 13.2 Å². The highest BCUT2D eigenvalue weighted by molar-refractivity contribution is 6.02. The fourth-order valence-electron chi connectivity index (χ4n) is 4.00. The summed E-state index contributed by atoms with van der Waals surface area (Å²) in [6, 6.07) is 11.4. The summed E-state index contributed by atoms with van der Waals surface area (Å²) in [5, 5.41) is 11.4. The van der Waals surface area contributed by atoms with Crippen LogP contribution < -0.4 is 4.90 Å². The number of benzene rings is 2. The van der Waals surface area contributed by atoms with Crippen molar-refractivity contribution in [1.29, 1.82) is 0 Å². The van der Waals surface area contributed by atoms with Gasteiger partial charge in [-0.15, -0.1) is 0 Å². The number of amides is 3. The van der Waals surface area contributed by atoms with E-state index in [4.69, 9.17) is 0 Å². The third kappa shape index (κ3) is 5.43. The number of nitro groups is 1. The molecule has 0 saturated carbocycles. The monoisotopic (exact) mass is 489 g/mol. The molecule has 4 rings (SSSR count). The lowest BCUT2D eigenvalue weighted by atomic mass is 10.1. The van der Waals surface area contributed by atoms with Crippen LogP contribution in [0.4, 0.5) is 29.3 Å². The van der Waals surface area contributed by atoms with Crippen LogP contribution in [0, 0.1) is 10.1 Å². The molecule has 0 unspecified atom stereocenters. The van der Waals surface area contributed by atoms with Crippen LogP contribution in [-0.2, 0) is 11.0 Å². The third-order valence-electron chi connectivity index (χ3n) is 5.88. The van der Waals surface area contributed by atoms with E-state index in [0.29, 0.717) is 32.2 Å². The number of carbonyl (C=O) groups excluding carboxylic acids is 2. The number of carbonyl (C=O) groups is 2. The second-order valence-corrected chi connectivity index (χ2v) is 8.16. The number of alkyl halides is 3. The zero-order valence-electron chi connectivity index (χ0n) is 18.5. The van der Waals surface area contributed by atoms with Crippen molar-refractivity contribution in [1.82, 2.24) is 14.7 Å². The van der Waals surface area contributed by atoms with Gasteiger partial charge < -0.3 is 4.90 Å². The molecule has 2 saturated heterocycles. The largest absolute Gasteiger partial charge is 0.416 e. The Hall–Kier alpha value is -3.93. The minimum absolute atomic E-state index is 0.0658. The summed E-state index contributed by atoms with van der Waals surface area (Å²) >= 11 is 0. The number of nitrogens with zero attached hydrogens (tertiary/aromatic N) is 5. The van der Waals surface area contributed by atoms with Gasteiger partial charge in [0.1, 0.15) is 12.2 Å². The average molecular weight is 489 g/mol. The molecular weight excluding hydrogens is 467 g/mol. The van der Waals surface area contributed by atoms with Crippen molar-refractivity contribution >= 4 is 29.4 Å². The lowest BCUT2D eigenvalue weighted by Gasteiger charge is -2.37. The second kappa shape index (κ2) is 9.74. The SMILES string of the molecule is O=C1CN(/C=C/c2ccccc2)C(=O)N1CN1CCN(c2ccc(C(F)(F)F)cc2[N+](=O)[O-])CC1. The minimum Gasteiger partial charge on any atom is -0.363 e. The predicted octanol–water partition coefficient (Wildman–Crippen LogP) is 3.63. The number of piperazine rings is 1. The standard InChI is InChI=1S/C23H22F3N5O4/c24-23(25,26)18-6-7-19(20(14-18)31(34)35)28-12-10-27(11-13-28)16-30-21(32)15-29(22(30)33)9-8-17-4-2-1-3-5-17/h1-9,14H,10-13,15-16H2/b9-8+. The van der Waals surface area contributed by atoms with Gasteiger partial charge in [0, 0.05) is 38.4 Å². The Balaban J connectivity index is 1.37. The van der Waals surface area contributed by atoms with E-state index in [2.05, 4.69) is 0 Å². The summed E-state index contributed by atoms with van der Waals surface area (Å²) < 4.78 is 38.9. The van der Waals surface area contributed by atoms with Gasteiger partial charge >= 0.3 is 12.2 Å². The molecule has 2 aliphatic heterocycles. The molecule has 0 radical (unpaired) electrons. The van der Waals surface area contributed by atoms with Crippen LogP contribution >= 0.6 is 0 Å². The summed E-state index contributed by atoms with van der Waals surface area (Å²) in [6.45, 7) is 1.32. The molecule has 2 aromatic rings. The van der Waals surface area contributed by atoms with Crippen molar-refractivity contribution in [3.05, 3.63) is 76.0 Å². The number of anilines is 1. The maximum absolute atomic E-state index is 13.0. The van der Waals surface area contributed by atoms with E-state index in [-0.39, 0.29) is 24.8 Å². The lowest BCUT2D eigenvalue weighted by Crippen LogP contribution is -2.51. The van der Waals surface area contributed by atoms with Crippen LogP contribution in [-0.4, -0.2) is 71.0 Å². The Bertz CT molecular complexity index is 1150. The van der Waals surface area contributed by atoms with Crippen LogP contribution in [0.25, 0.3) is 6.08 Å². The summed E-state index contributed by atoms with van der Waals surface area (Å²) in [5.74, 6) is -0.339. The molecule has 2 heterocycles. The summed E-state index contributed by atoms with van der Waals surface area (Å²) in [5.41, 5.74) is -0.699. The highest BCUT2D eigenvalue weighted by Gasteiger charge is 2.37. The number of nitro benzene ring substituents is 1. The van der Waals surface area contributed by atoms with E-state index in [1.165, 1.54) is 4.90 Å². The van der Waals surface area contributed by atoms with E-state index in [1.807, 2.05) is 35.2 Å². The Labute approximate surface area is 198 Å². The summed E-state index contributed by atoms with van der Waals surface area (Å²) in [6.07, 6.45) is -1.37. The van der Waals surface area contributed by atoms with Crippen LogP contribution in [0.3, 0.4) is 0 Å². The van der Waals surface area contributed by atoms with E-state index in [1.54, 1.807) is 17.2 Å². The molecule has 12 heteroatoms. The number of urea groups is 1. The van der Waals surface area contributed by atoms with E-state index >= 15 is 0 Å². The molecule has 2 aromatic carbocycles. The quantitative estimate of drug-likeness (QED) is 0.350. The molecule has 0 atom stereocenters. The maximum Gasteiger partial charge on any atom is 0.416 e. The highest BCUT2D eigenvalue weighted by Crippen LogP contribution is 2.36. The molecule has 2 aliphatic rings. The first-order valence-electron chi connectivity index (χ1n) is 10.8. The molecule has 2 fully saturated rings. The summed E-state index contributed by atoms with van der Waals surface area (Å²) in [7, 11) is 0. The Morgan fingerprint density at radius 3 is 2.31 bits per heavy atom. The van der Waals surface area contributed by atoms with Crippen molar-refractivity contribution in [2.24, 2.45) is 0 Å². The summed E-state index contributed by atoms with van der Waals surface area (Å²) in [4.78, 5) is 41.7. The smallest absolute Gasteiger partial charge is 0.363 e. The van der Waals surface area contributed by atoms with Crippen LogP contribution in [0.5, 0.6) is 0 Å². The normalized spacial score (nSPS) is 17.6. The molecule has 0 aliphatic carbocycles. The molecule has 9 nitrogen and oxygen atoms in total. The Morgan fingerprint density at radius 2 is 1.69 bits per heavy atom. The van der Waals surface area contributed by atoms with E-state index < -0.39 is 28.4 Å². The predicted molar refractivity (Wildman–Crippen MR) is 121 cm³/mol. The van der Waals surface area contributed by atoms with Gasteiger partial charge in [0.2, 0.25) is 0 Å². The Kier molecular flexibility index (Phi) is 6.74. The minimum atomic E-state index is -4.68. The van der Waals surface area contributed by atoms with Gasteiger partial charge in [0.05, 0.1) is 17.2 Å². The van der Waals surface area contributed by atoms with Gasteiger partial charge in [-0.3, -0.25) is 24.7 Å². The zero-order chi connectivity index (χ0) is 25.2. The topological polar surface area (TPSA) is 90.2 Å². The number of hydrogen-bond donors (Lipinski definition) is 0. The fourth-order valence-corrected chi connectivity index (χ4v) is 4.00. The van der Waals surface area contributed by atoms with Gasteiger partial charge in [-0.1, -0.05) is 30.3 Å². The maximum atomic E-state index is 13.0. The second-order valence-electron chi connectivity index (χ2n) is 8.16. The highest BCUT2D eigenvalue weighted by atomic mass is 19.4. The molecule has 0 bridgehead atoms. The molecule has 35 heavy (non-hydrogen) atoms. The van der Waals surface area contributed by atoms with Gasteiger partial charge in [-0.05, 0) is 23.8 Å². The van der Waals surface area contributed by atoms with Crippen molar-refractivity contribution < 1.29 is 27.7 Å². The van der Waals surface area contributed by atoms with E-state index in [9.17, 15) is 32.9 Å². The number of rotatable bonds is 6. The third-order valence-corrected chi connectivity index (χ3v) is 5.88. The number of imide groups is 1. The molecule has 3 amide bonds. The first-order valence-corrected chi connectivity index (χ1v) is 10.8. The van der Waals surface area contributed by atoms with Gasteiger partial charge in [-0.25, -0.2) is 9.69 Å². The zero-order valence-corrected chi connectivity index (χ0v) is 18.5. The number of hydrogen-bond acceptors (Lipinski definition) is 6. The van der Waals surface area contributed by atoms with Crippen molar-refractivity contribution in [2.75, 3.05) is 44.3 Å². The van der Waals surface area contributed by atoms with Crippen LogP contribution in [0.1, 0.15) is 11.1 Å². The van der Waals surface area contributed by atoms with Crippen molar-refractivity contribution in [2.45, 2.75) is 6.18 Å². The first-order chi connectivity index (χ1) is 16.6. The molecule has 0 aromatic heterocycles. The van der Waals surface area contributed by atoms with Crippen molar-refractivity contribution in [3.63, 3.8) is 0 Å². The van der Waals surface area contributed by atoms with Gasteiger partial charge in [0.25, 0.3) is 11.6 Å². The van der Waals surface area contributed by atoms with Gasteiger partial charge in [0.15, 0.2) is 0 Å². The fraction of sp³-hybridized carbons (Fsp3) is 0.304. The molecular formula is C23H22F3N5O4. The van der Waals surface area contributed by atoms with Crippen LogP contribution in [0.2, 0.25) is 0 Å². The lowest BCUT2D eigenvalue weighted by molar-refractivity contribution is -0.384. The molecule has 184 valence electrons. The number of halogens is 3. The van der Waals surface area contributed by atoms with E-state index in [0.717, 1.165) is 22.6 Å². The Morgan fingerprint density at radius 1 is 1.00 bits per heavy atom. The molecule has 0 spiro atoms. The van der Waals surface area contributed by atoms with Crippen molar-refractivity contribution in [3.8, 4) is 0 Å². The first kappa shape index (κ1) is 24.2. The molecule has 0 N–H and O–H groups in total.